The van der Waals surface area contributed by atoms with Crippen molar-refractivity contribution in [3.8, 4) is 0 Å². The molecule has 0 N–H and O–H groups in total. The lowest BCUT2D eigenvalue weighted by Crippen LogP contribution is -2.31. The Bertz CT molecular complexity index is 480. The third-order valence-corrected chi connectivity index (χ3v) is 2.72. The van der Waals surface area contributed by atoms with Gasteiger partial charge in [-0.15, -0.1) is 0 Å². The highest BCUT2D eigenvalue weighted by molar-refractivity contribution is 7.86. The van der Waals surface area contributed by atoms with E-state index in [1.807, 2.05) is 0 Å². The van der Waals surface area contributed by atoms with Gasteiger partial charge in [-0.2, -0.15) is 13.2 Å². The molecule has 0 spiro atoms. The highest BCUT2D eigenvalue weighted by Crippen LogP contribution is 2.20. The van der Waals surface area contributed by atoms with Crippen LogP contribution >= 0.6 is 0 Å². The molecular weight excluding hydrogens is 273 g/mol. The Labute approximate surface area is 104 Å². The van der Waals surface area contributed by atoms with E-state index in [0.717, 1.165) is 13.0 Å². The molecule has 9 heteroatoms. The lowest BCUT2D eigenvalue weighted by atomic mass is 10.4. The maximum Gasteiger partial charge on any atom is 0.485 e. The van der Waals surface area contributed by atoms with E-state index in [-0.39, 0.29) is 0 Å². The Morgan fingerprint density at radius 3 is 2.06 bits per heavy atom. The smallest absolute Gasteiger partial charge is 0.485 e. The molecule has 1 rings (SSSR count). The summed E-state index contributed by atoms with van der Waals surface area (Å²) in [7, 11) is -4.00. The van der Waals surface area contributed by atoms with Gasteiger partial charge in [0.1, 0.15) is 12.4 Å². The summed E-state index contributed by atoms with van der Waals surface area (Å²) < 4.78 is 63.3. The summed E-state index contributed by atoms with van der Waals surface area (Å²) in [4.78, 5) is 0. The fourth-order valence-electron chi connectivity index (χ4n) is 1.30. The van der Waals surface area contributed by atoms with E-state index in [9.17, 15) is 13.2 Å². The summed E-state index contributed by atoms with van der Waals surface area (Å²) in [5.74, 6) is 1.39. The first-order chi connectivity index (χ1) is 8.04. The van der Waals surface area contributed by atoms with Gasteiger partial charge in [0.05, 0.1) is 13.6 Å². The number of imidazole rings is 1. The minimum absolute atomic E-state index is 1.07. The third-order valence-electron chi connectivity index (χ3n) is 2.15. The fourth-order valence-corrected chi connectivity index (χ4v) is 1.30. The predicted octanol–water partition coefficient (Wildman–Crippen LogP) is 0.946. The van der Waals surface area contributed by atoms with Crippen LogP contribution in [-0.2, 0) is 30.1 Å². The second-order valence-electron chi connectivity index (χ2n) is 3.36. The van der Waals surface area contributed by atoms with Crippen molar-refractivity contribution in [3.05, 3.63) is 18.2 Å². The van der Waals surface area contributed by atoms with Crippen LogP contribution in [0.5, 0.6) is 0 Å². The van der Waals surface area contributed by atoms with Crippen molar-refractivity contribution in [3.63, 3.8) is 0 Å². The molecule has 0 fully saturated rings. The highest BCUT2D eigenvalue weighted by Gasteiger charge is 2.36. The van der Waals surface area contributed by atoms with E-state index in [1.54, 1.807) is 0 Å². The first-order valence-corrected chi connectivity index (χ1v) is 6.51. The second-order valence-corrected chi connectivity index (χ2v) is 4.74. The molecule has 0 radical (unpaired) electrons. The van der Waals surface area contributed by atoms with Crippen LogP contribution in [0.3, 0.4) is 0 Å². The largest absolute Gasteiger partial charge is 0.741 e. The van der Waals surface area contributed by atoms with E-state index >= 15 is 0 Å². The minimum Gasteiger partial charge on any atom is -0.741 e. The monoisotopic (exact) mass is 288 g/mol. The summed E-state index contributed by atoms with van der Waals surface area (Å²) in [5, 5.41) is 0. The third kappa shape index (κ3) is 4.65. The van der Waals surface area contributed by atoms with Crippen LogP contribution in [0.1, 0.15) is 19.7 Å². The Morgan fingerprint density at radius 1 is 1.39 bits per heavy atom. The Morgan fingerprint density at radius 2 is 1.83 bits per heavy atom. The molecule has 0 saturated heterocycles. The van der Waals surface area contributed by atoms with E-state index in [4.69, 9.17) is 13.0 Å². The normalized spacial score (nSPS) is 11.9. The molecule has 0 aliphatic heterocycles. The molecule has 0 bridgehead atoms. The fraction of sp³-hybridized carbons (Fsp3) is 0.667. The van der Waals surface area contributed by atoms with E-state index in [2.05, 4.69) is 42.4 Å². The maximum atomic E-state index is 10.7. The first-order valence-electron chi connectivity index (χ1n) is 5.10. The average Bonchev–Trinajstić information content (AvgIpc) is 2.56. The zero-order valence-electron chi connectivity index (χ0n) is 10.2. The van der Waals surface area contributed by atoms with Crippen LogP contribution in [0.2, 0.25) is 0 Å². The van der Waals surface area contributed by atoms with Crippen LogP contribution in [-0.4, -0.2) is 23.0 Å². The SMILES string of the molecule is CCc1n(CC)cc[n+]1C.O=S(=O)([O-])C(F)(F)F. The van der Waals surface area contributed by atoms with Crippen molar-refractivity contribution in [2.45, 2.75) is 32.3 Å². The number of nitrogens with zero attached hydrogens (tertiary/aromatic N) is 2. The van der Waals surface area contributed by atoms with Crippen molar-refractivity contribution in [2.75, 3.05) is 0 Å². The summed E-state index contributed by atoms with van der Waals surface area (Å²) in [6, 6.07) is 0. The highest BCUT2D eigenvalue weighted by atomic mass is 32.2. The second kappa shape index (κ2) is 6.19. The number of aryl methyl sites for hydroxylation is 2. The number of rotatable bonds is 2. The molecule has 0 saturated carbocycles. The van der Waals surface area contributed by atoms with Crippen LogP contribution in [0.4, 0.5) is 13.2 Å². The van der Waals surface area contributed by atoms with Gasteiger partial charge in [0.15, 0.2) is 10.1 Å². The molecule has 1 heterocycles. The molecule has 0 aliphatic carbocycles. The van der Waals surface area contributed by atoms with Crippen molar-refractivity contribution in [1.29, 1.82) is 0 Å². The van der Waals surface area contributed by atoms with Gasteiger partial charge < -0.3 is 4.55 Å². The summed E-state index contributed by atoms with van der Waals surface area (Å²) in [6.45, 7) is 5.42. The number of hydrogen-bond donors (Lipinski definition) is 0. The van der Waals surface area contributed by atoms with Crippen LogP contribution < -0.4 is 4.57 Å². The quantitative estimate of drug-likeness (QED) is 0.462. The van der Waals surface area contributed by atoms with E-state index in [0.29, 0.717) is 0 Å². The maximum absolute atomic E-state index is 10.7. The van der Waals surface area contributed by atoms with Gasteiger partial charge in [0.2, 0.25) is 0 Å². The van der Waals surface area contributed by atoms with Gasteiger partial charge in [-0.1, -0.05) is 6.92 Å². The molecule has 106 valence electrons. The van der Waals surface area contributed by atoms with Gasteiger partial charge in [-0.05, 0) is 6.92 Å². The number of halogens is 3. The molecule has 0 aromatic carbocycles. The summed E-state index contributed by atoms with van der Waals surface area (Å²) in [5.41, 5.74) is -5.65. The molecule has 18 heavy (non-hydrogen) atoms. The van der Waals surface area contributed by atoms with Gasteiger partial charge >= 0.3 is 5.51 Å². The number of alkyl halides is 3. The number of hydrogen-bond acceptors (Lipinski definition) is 3. The van der Waals surface area contributed by atoms with Gasteiger partial charge in [0.25, 0.3) is 5.82 Å². The summed E-state index contributed by atoms with van der Waals surface area (Å²) in [6.07, 6.45) is 5.33. The van der Waals surface area contributed by atoms with Crippen LogP contribution in [0, 0.1) is 0 Å². The van der Waals surface area contributed by atoms with Gasteiger partial charge in [0, 0.05) is 6.42 Å². The average molecular weight is 288 g/mol. The van der Waals surface area contributed by atoms with Crippen molar-refractivity contribution in [1.82, 2.24) is 4.57 Å². The lowest BCUT2D eigenvalue weighted by molar-refractivity contribution is -0.678. The van der Waals surface area contributed by atoms with Crippen LogP contribution in [0.25, 0.3) is 0 Å². The topological polar surface area (TPSA) is 66.0 Å². The van der Waals surface area contributed by atoms with Crippen molar-refractivity contribution in [2.24, 2.45) is 7.05 Å². The molecule has 0 amide bonds. The number of aromatic nitrogens is 2. The molecule has 5 nitrogen and oxygen atoms in total. The standard InChI is InChI=1S/C8H15N2.CHF3O3S/c1-4-8-9(3)6-7-10(8)5-2;2-1(3,4)8(5,6)7/h6-7H,4-5H2,1-3H3;(H,5,6,7)/q+1;/p-1. The van der Waals surface area contributed by atoms with Gasteiger partial charge in [-0.3, -0.25) is 0 Å². The first kappa shape index (κ1) is 16.9. The molecule has 0 atom stereocenters. The zero-order valence-corrected chi connectivity index (χ0v) is 11.0. The van der Waals surface area contributed by atoms with Crippen molar-refractivity contribution < 1.29 is 30.7 Å². The molecular formula is C9H15F3N2O3S. The van der Waals surface area contributed by atoms with Gasteiger partial charge in [-0.25, -0.2) is 17.6 Å². The molecule has 0 aliphatic rings. The minimum atomic E-state index is -6.09. The summed E-state index contributed by atoms with van der Waals surface area (Å²) >= 11 is 0. The lowest BCUT2D eigenvalue weighted by Gasteiger charge is -2.08. The molecule has 1 aromatic heterocycles. The Balaban J connectivity index is 0.000000331. The van der Waals surface area contributed by atoms with E-state index < -0.39 is 15.6 Å². The zero-order chi connectivity index (χ0) is 14.6. The Hall–Kier alpha value is -1.09. The van der Waals surface area contributed by atoms with Crippen molar-refractivity contribution >= 4 is 10.1 Å². The van der Waals surface area contributed by atoms with E-state index in [1.165, 1.54) is 5.82 Å². The molecule has 1 aromatic rings. The Kier molecular flexibility index (Phi) is 5.81. The predicted molar refractivity (Wildman–Crippen MR) is 56.4 cm³/mol. The molecule has 0 unspecified atom stereocenters. The van der Waals surface area contributed by atoms with Crippen LogP contribution in [0.15, 0.2) is 12.4 Å².